The smallest absolute Gasteiger partial charge is 0.223 e. The standard InChI is InChI=1S/C16H23N5OS.ClH/c1-23-11-7-13(18-16(22)12-5-8-17-9-6-12)15-20-19-14-4-2-3-10-21(14)15;/h2-4,10,12-13,17H,5-9,11H2,1H3,(H,18,22);1H. The zero-order valence-electron chi connectivity index (χ0n) is 13.8. The highest BCUT2D eigenvalue weighted by Gasteiger charge is 2.26. The maximum atomic E-state index is 12.6. The number of hydrogen-bond acceptors (Lipinski definition) is 5. The Bertz CT molecular complexity index is 659. The first-order valence-corrected chi connectivity index (χ1v) is 9.48. The van der Waals surface area contributed by atoms with Crippen LogP contribution in [0.4, 0.5) is 0 Å². The molecule has 3 heterocycles. The number of aromatic nitrogens is 3. The summed E-state index contributed by atoms with van der Waals surface area (Å²) in [5.74, 6) is 2.04. The van der Waals surface area contributed by atoms with Gasteiger partial charge in [0.15, 0.2) is 11.5 Å². The second-order valence-electron chi connectivity index (χ2n) is 5.85. The van der Waals surface area contributed by atoms with Crippen LogP contribution in [0.5, 0.6) is 0 Å². The number of hydrogen-bond donors (Lipinski definition) is 2. The van der Waals surface area contributed by atoms with Gasteiger partial charge in [-0.15, -0.1) is 22.6 Å². The van der Waals surface area contributed by atoms with Gasteiger partial charge in [0.25, 0.3) is 0 Å². The highest BCUT2D eigenvalue weighted by atomic mass is 35.5. The number of amides is 1. The van der Waals surface area contributed by atoms with Crippen molar-refractivity contribution in [3.8, 4) is 0 Å². The molecule has 24 heavy (non-hydrogen) atoms. The maximum Gasteiger partial charge on any atom is 0.223 e. The Kier molecular flexibility index (Phi) is 7.33. The van der Waals surface area contributed by atoms with E-state index in [0.29, 0.717) is 0 Å². The van der Waals surface area contributed by atoms with Crippen LogP contribution in [-0.4, -0.2) is 45.6 Å². The van der Waals surface area contributed by atoms with Gasteiger partial charge in [-0.05, 0) is 56.5 Å². The van der Waals surface area contributed by atoms with E-state index in [-0.39, 0.29) is 30.3 Å². The van der Waals surface area contributed by atoms with E-state index in [1.165, 1.54) is 0 Å². The molecule has 0 radical (unpaired) electrons. The Balaban J connectivity index is 0.00000208. The van der Waals surface area contributed by atoms with Crippen molar-refractivity contribution in [1.82, 2.24) is 25.2 Å². The average Bonchev–Trinajstić information content (AvgIpc) is 3.03. The van der Waals surface area contributed by atoms with Crippen molar-refractivity contribution in [3.63, 3.8) is 0 Å². The molecule has 1 fully saturated rings. The molecule has 1 aliphatic rings. The lowest BCUT2D eigenvalue weighted by Gasteiger charge is -2.24. The molecule has 0 spiro atoms. The fraction of sp³-hybridized carbons (Fsp3) is 0.562. The lowest BCUT2D eigenvalue weighted by Crippen LogP contribution is -2.40. The van der Waals surface area contributed by atoms with Crippen LogP contribution in [0.1, 0.15) is 31.1 Å². The molecule has 8 heteroatoms. The molecule has 1 unspecified atom stereocenters. The molecule has 1 saturated heterocycles. The van der Waals surface area contributed by atoms with Crippen LogP contribution in [0.3, 0.4) is 0 Å². The number of carbonyl (C=O) groups is 1. The number of thioether (sulfide) groups is 1. The Morgan fingerprint density at radius 2 is 2.21 bits per heavy atom. The highest BCUT2D eigenvalue weighted by Crippen LogP contribution is 2.20. The number of pyridine rings is 1. The summed E-state index contributed by atoms with van der Waals surface area (Å²) in [6, 6.07) is 5.73. The summed E-state index contributed by atoms with van der Waals surface area (Å²) in [6.45, 7) is 1.84. The number of nitrogens with one attached hydrogen (secondary N) is 2. The van der Waals surface area contributed by atoms with Gasteiger partial charge in [-0.3, -0.25) is 9.20 Å². The summed E-state index contributed by atoms with van der Waals surface area (Å²) in [5.41, 5.74) is 0.813. The third-order valence-corrected chi connectivity index (χ3v) is 4.93. The molecule has 3 rings (SSSR count). The van der Waals surface area contributed by atoms with E-state index in [1.54, 1.807) is 11.8 Å². The fourth-order valence-corrected chi connectivity index (χ4v) is 3.44. The molecular weight excluding hydrogens is 346 g/mol. The quantitative estimate of drug-likeness (QED) is 0.815. The second kappa shape index (κ2) is 9.25. The molecule has 2 N–H and O–H groups in total. The predicted molar refractivity (Wildman–Crippen MR) is 99.7 cm³/mol. The molecule has 2 aromatic rings. The van der Waals surface area contributed by atoms with E-state index in [1.807, 2.05) is 28.8 Å². The lowest BCUT2D eigenvalue weighted by atomic mass is 9.96. The van der Waals surface area contributed by atoms with E-state index in [0.717, 1.165) is 49.6 Å². The van der Waals surface area contributed by atoms with Gasteiger partial charge in [-0.2, -0.15) is 11.8 Å². The van der Waals surface area contributed by atoms with Crippen molar-refractivity contribution >= 4 is 35.7 Å². The monoisotopic (exact) mass is 369 g/mol. The van der Waals surface area contributed by atoms with Crippen LogP contribution in [0.15, 0.2) is 24.4 Å². The normalized spacial score (nSPS) is 16.5. The fourth-order valence-electron chi connectivity index (χ4n) is 2.97. The summed E-state index contributed by atoms with van der Waals surface area (Å²) in [7, 11) is 0. The number of piperidine rings is 1. The Hall–Kier alpha value is -1.31. The van der Waals surface area contributed by atoms with Crippen LogP contribution in [0.2, 0.25) is 0 Å². The molecule has 2 aromatic heterocycles. The van der Waals surface area contributed by atoms with Gasteiger partial charge < -0.3 is 10.6 Å². The van der Waals surface area contributed by atoms with Crippen molar-refractivity contribution in [2.75, 3.05) is 25.1 Å². The minimum Gasteiger partial charge on any atom is -0.346 e. The van der Waals surface area contributed by atoms with Crippen molar-refractivity contribution in [2.45, 2.75) is 25.3 Å². The predicted octanol–water partition coefficient (Wildman–Crippen LogP) is 2.06. The lowest BCUT2D eigenvalue weighted by molar-refractivity contribution is -0.126. The summed E-state index contributed by atoms with van der Waals surface area (Å²) in [6.07, 6.45) is 6.69. The molecule has 1 aliphatic heterocycles. The number of carbonyl (C=O) groups excluding carboxylic acids is 1. The van der Waals surface area contributed by atoms with Crippen LogP contribution in [-0.2, 0) is 4.79 Å². The minimum atomic E-state index is -0.0952. The van der Waals surface area contributed by atoms with Gasteiger partial charge in [0.05, 0.1) is 6.04 Å². The number of nitrogens with zero attached hydrogens (tertiary/aromatic N) is 3. The van der Waals surface area contributed by atoms with E-state index >= 15 is 0 Å². The van der Waals surface area contributed by atoms with Gasteiger partial charge in [0.2, 0.25) is 5.91 Å². The van der Waals surface area contributed by atoms with Gasteiger partial charge >= 0.3 is 0 Å². The average molecular weight is 370 g/mol. The van der Waals surface area contributed by atoms with Crippen molar-refractivity contribution in [1.29, 1.82) is 0 Å². The summed E-state index contributed by atoms with van der Waals surface area (Å²) >= 11 is 1.78. The third kappa shape index (κ3) is 4.40. The second-order valence-corrected chi connectivity index (χ2v) is 6.84. The molecule has 0 bridgehead atoms. The van der Waals surface area contributed by atoms with E-state index in [9.17, 15) is 4.79 Å². The molecule has 6 nitrogen and oxygen atoms in total. The van der Waals surface area contributed by atoms with Gasteiger partial charge in [-0.1, -0.05) is 6.07 Å². The number of fused-ring (bicyclic) bond motifs is 1. The molecule has 1 amide bonds. The molecule has 0 saturated carbocycles. The van der Waals surface area contributed by atoms with Gasteiger partial charge in [0.1, 0.15) is 0 Å². The van der Waals surface area contributed by atoms with Gasteiger partial charge in [0, 0.05) is 12.1 Å². The first-order chi connectivity index (χ1) is 11.3. The van der Waals surface area contributed by atoms with Crippen LogP contribution in [0, 0.1) is 5.92 Å². The van der Waals surface area contributed by atoms with Crippen molar-refractivity contribution < 1.29 is 4.79 Å². The molecule has 1 atom stereocenters. The van der Waals surface area contributed by atoms with Crippen LogP contribution in [0.25, 0.3) is 5.65 Å². The van der Waals surface area contributed by atoms with E-state index in [2.05, 4.69) is 27.1 Å². The zero-order valence-corrected chi connectivity index (χ0v) is 15.4. The molecule has 132 valence electrons. The third-order valence-electron chi connectivity index (χ3n) is 4.29. The Morgan fingerprint density at radius 1 is 1.42 bits per heavy atom. The number of rotatable bonds is 6. The molecule has 0 aromatic carbocycles. The summed E-state index contributed by atoms with van der Waals surface area (Å²) < 4.78 is 1.97. The van der Waals surface area contributed by atoms with Crippen LogP contribution >= 0.6 is 24.2 Å². The first-order valence-electron chi connectivity index (χ1n) is 8.09. The van der Waals surface area contributed by atoms with Crippen LogP contribution < -0.4 is 10.6 Å². The highest BCUT2D eigenvalue weighted by molar-refractivity contribution is 7.98. The molecular formula is C16H24ClN5OS. The van der Waals surface area contributed by atoms with Crippen molar-refractivity contribution in [3.05, 3.63) is 30.2 Å². The topological polar surface area (TPSA) is 71.3 Å². The minimum absolute atomic E-state index is 0. The van der Waals surface area contributed by atoms with Gasteiger partial charge in [-0.25, -0.2) is 0 Å². The zero-order chi connectivity index (χ0) is 16.1. The first kappa shape index (κ1) is 19.0. The Labute approximate surface area is 152 Å². The molecule has 0 aliphatic carbocycles. The SMILES string of the molecule is CSCCC(NC(=O)C1CCNCC1)c1nnc2ccccn12.Cl. The van der Waals surface area contributed by atoms with E-state index < -0.39 is 0 Å². The van der Waals surface area contributed by atoms with Crippen molar-refractivity contribution in [2.24, 2.45) is 5.92 Å². The summed E-state index contributed by atoms with van der Waals surface area (Å²) in [5, 5.41) is 15.0. The maximum absolute atomic E-state index is 12.6. The largest absolute Gasteiger partial charge is 0.346 e. The number of halogens is 1. The Morgan fingerprint density at radius 3 is 2.96 bits per heavy atom. The summed E-state index contributed by atoms with van der Waals surface area (Å²) in [4.78, 5) is 12.6. The van der Waals surface area contributed by atoms with E-state index in [4.69, 9.17) is 0 Å².